The fourth-order valence-corrected chi connectivity index (χ4v) is 8.62. The zero-order chi connectivity index (χ0) is 36.3. The van der Waals surface area contributed by atoms with E-state index in [1.165, 1.54) is 32.7 Å². The van der Waals surface area contributed by atoms with Gasteiger partial charge < -0.3 is 13.9 Å². The molecule has 0 spiro atoms. The minimum absolute atomic E-state index is 0.897. The van der Waals surface area contributed by atoms with Crippen LogP contribution in [0.1, 0.15) is 0 Å². The van der Waals surface area contributed by atoms with Crippen LogP contribution in [-0.4, -0.2) is 4.57 Å². The minimum atomic E-state index is 0.897. The topological polar surface area (TPSA) is 21.3 Å². The Bertz CT molecular complexity index is 3220. The van der Waals surface area contributed by atoms with Gasteiger partial charge >= 0.3 is 0 Å². The lowest BCUT2D eigenvalue weighted by Gasteiger charge is -2.30. The molecule has 11 rings (SSSR count). The quantitative estimate of drug-likeness (QED) is 0.172. The summed E-state index contributed by atoms with van der Waals surface area (Å²) in [6, 6.07) is 73.9. The lowest BCUT2D eigenvalue weighted by molar-refractivity contribution is 0.670. The normalized spacial score (nSPS) is 11.6. The summed E-state index contributed by atoms with van der Waals surface area (Å²) in [5.74, 6) is 0. The average molecular weight is 703 g/mol. The third kappa shape index (κ3) is 4.91. The van der Waals surface area contributed by atoms with E-state index in [0.717, 1.165) is 66.8 Å². The van der Waals surface area contributed by atoms with Crippen molar-refractivity contribution in [1.29, 1.82) is 0 Å². The standard InChI is InChI=1S/C52H34N2O/c1-2-17-35(18-3-1)37-22-6-10-28-44(37)53(45-31-14-20-36-19-4-5-21-38(36)45)48-32-16-33-49-51(48)43-25-8-12-30-47(43)54(49)46-29-11-7-23-39(46)41-26-15-27-42-40-24-9-13-34-50(40)55-52(41)42/h1-34H. The fraction of sp³-hybridized carbons (Fsp3) is 0. The van der Waals surface area contributed by atoms with Gasteiger partial charge in [0.25, 0.3) is 0 Å². The number of hydrogen-bond acceptors (Lipinski definition) is 2. The first-order chi connectivity index (χ1) is 27.3. The van der Waals surface area contributed by atoms with E-state index in [-0.39, 0.29) is 0 Å². The first-order valence-electron chi connectivity index (χ1n) is 18.8. The van der Waals surface area contributed by atoms with Crippen LogP contribution in [0, 0.1) is 0 Å². The van der Waals surface area contributed by atoms with E-state index >= 15 is 0 Å². The van der Waals surface area contributed by atoms with Gasteiger partial charge in [-0.05, 0) is 53.4 Å². The van der Waals surface area contributed by atoms with Gasteiger partial charge in [0.2, 0.25) is 0 Å². The summed E-state index contributed by atoms with van der Waals surface area (Å²) in [6.07, 6.45) is 0. The summed E-state index contributed by atoms with van der Waals surface area (Å²) < 4.78 is 9.04. The maximum atomic E-state index is 6.60. The molecule has 9 aromatic carbocycles. The molecule has 0 bridgehead atoms. The number of fused-ring (bicyclic) bond motifs is 7. The molecule has 11 aromatic rings. The third-order valence-corrected chi connectivity index (χ3v) is 11.0. The van der Waals surface area contributed by atoms with Crippen molar-refractivity contribution < 1.29 is 4.42 Å². The molecule has 0 saturated heterocycles. The molecule has 2 aromatic heterocycles. The number of aromatic nitrogens is 1. The van der Waals surface area contributed by atoms with Crippen LogP contribution in [0.3, 0.4) is 0 Å². The second-order valence-electron chi connectivity index (χ2n) is 14.0. The highest BCUT2D eigenvalue weighted by Gasteiger charge is 2.25. The Hall–Kier alpha value is -7.36. The zero-order valence-electron chi connectivity index (χ0n) is 29.9. The van der Waals surface area contributed by atoms with Crippen LogP contribution in [0.2, 0.25) is 0 Å². The summed E-state index contributed by atoms with van der Waals surface area (Å²) in [5.41, 5.74) is 13.0. The van der Waals surface area contributed by atoms with Crippen LogP contribution in [-0.2, 0) is 0 Å². The number of hydrogen-bond donors (Lipinski definition) is 0. The van der Waals surface area contributed by atoms with Gasteiger partial charge in [-0.1, -0.05) is 164 Å². The number of anilines is 3. The molecule has 55 heavy (non-hydrogen) atoms. The molecule has 0 N–H and O–H groups in total. The lowest BCUT2D eigenvalue weighted by Crippen LogP contribution is -2.12. The van der Waals surface area contributed by atoms with Crippen LogP contribution < -0.4 is 4.90 Å². The fourth-order valence-electron chi connectivity index (χ4n) is 8.62. The molecule has 2 heterocycles. The highest BCUT2D eigenvalue weighted by atomic mass is 16.3. The van der Waals surface area contributed by atoms with Gasteiger partial charge in [0.05, 0.1) is 33.8 Å². The number of rotatable bonds is 6. The third-order valence-electron chi connectivity index (χ3n) is 11.0. The highest BCUT2D eigenvalue weighted by molar-refractivity contribution is 6.18. The lowest BCUT2D eigenvalue weighted by atomic mass is 9.99. The molecule has 258 valence electrons. The minimum Gasteiger partial charge on any atom is -0.455 e. The molecule has 0 amide bonds. The van der Waals surface area contributed by atoms with E-state index in [2.05, 4.69) is 210 Å². The first-order valence-corrected chi connectivity index (χ1v) is 18.8. The first kappa shape index (κ1) is 31.2. The summed E-state index contributed by atoms with van der Waals surface area (Å²) in [7, 11) is 0. The van der Waals surface area contributed by atoms with Gasteiger partial charge in [-0.3, -0.25) is 0 Å². The van der Waals surface area contributed by atoms with E-state index < -0.39 is 0 Å². The number of furan rings is 1. The van der Waals surface area contributed by atoms with Crippen molar-refractivity contribution in [1.82, 2.24) is 4.57 Å². The SMILES string of the molecule is c1ccc(-c2ccccc2N(c2cccc3ccccc23)c2cccc3c2c2ccccc2n3-c2ccccc2-c2cccc3c2oc2ccccc23)cc1. The number of benzene rings is 9. The van der Waals surface area contributed by atoms with Crippen LogP contribution in [0.4, 0.5) is 17.1 Å². The Morgan fingerprint density at radius 2 is 0.945 bits per heavy atom. The van der Waals surface area contributed by atoms with E-state index in [1.807, 2.05) is 6.07 Å². The van der Waals surface area contributed by atoms with Gasteiger partial charge in [-0.2, -0.15) is 0 Å². The monoisotopic (exact) mass is 702 g/mol. The number of nitrogens with zero attached hydrogens (tertiary/aromatic N) is 2. The molecule has 0 fully saturated rings. The molecule has 0 aliphatic rings. The number of para-hydroxylation sites is 5. The second-order valence-corrected chi connectivity index (χ2v) is 14.0. The van der Waals surface area contributed by atoms with Crippen molar-refractivity contribution in [3.63, 3.8) is 0 Å². The predicted molar refractivity (Wildman–Crippen MR) is 231 cm³/mol. The maximum Gasteiger partial charge on any atom is 0.143 e. The van der Waals surface area contributed by atoms with Gasteiger partial charge in [0.15, 0.2) is 0 Å². The van der Waals surface area contributed by atoms with E-state index in [9.17, 15) is 0 Å². The Kier molecular flexibility index (Phi) is 7.17. The molecule has 0 saturated carbocycles. The average Bonchev–Trinajstić information content (AvgIpc) is 3.81. The Labute approximate surface area is 318 Å². The smallest absolute Gasteiger partial charge is 0.143 e. The zero-order valence-corrected chi connectivity index (χ0v) is 29.9. The Balaban J connectivity index is 1.22. The molecule has 3 nitrogen and oxygen atoms in total. The molecule has 0 aliphatic carbocycles. The summed E-state index contributed by atoms with van der Waals surface area (Å²) in [4.78, 5) is 2.48. The van der Waals surface area contributed by atoms with Crippen molar-refractivity contribution in [2.24, 2.45) is 0 Å². The molecular weight excluding hydrogens is 669 g/mol. The van der Waals surface area contributed by atoms with Gasteiger partial charge in [-0.15, -0.1) is 0 Å². The predicted octanol–water partition coefficient (Wildman–Crippen LogP) is 14.6. The molecule has 0 radical (unpaired) electrons. The maximum absolute atomic E-state index is 6.60. The van der Waals surface area contributed by atoms with E-state index in [0.29, 0.717) is 0 Å². The summed E-state index contributed by atoms with van der Waals surface area (Å²) in [5, 5.41) is 7.01. The van der Waals surface area contributed by atoms with Gasteiger partial charge in [0.1, 0.15) is 11.2 Å². The molecule has 0 unspecified atom stereocenters. The van der Waals surface area contributed by atoms with Crippen LogP contribution in [0.5, 0.6) is 0 Å². The van der Waals surface area contributed by atoms with E-state index in [1.54, 1.807) is 0 Å². The molecular formula is C52H34N2O. The van der Waals surface area contributed by atoms with Crippen molar-refractivity contribution in [2.75, 3.05) is 4.90 Å². The van der Waals surface area contributed by atoms with Crippen LogP contribution >= 0.6 is 0 Å². The van der Waals surface area contributed by atoms with Crippen molar-refractivity contribution in [3.8, 4) is 27.9 Å². The Morgan fingerprint density at radius 1 is 0.364 bits per heavy atom. The molecule has 3 heteroatoms. The molecule has 0 aliphatic heterocycles. The van der Waals surface area contributed by atoms with Crippen molar-refractivity contribution >= 4 is 71.6 Å². The van der Waals surface area contributed by atoms with Gasteiger partial charge in [-0.25, -0.2) is 0 Å². The van der Waals surface area contributed by atoms with Crippen molar-refractivity contribution in [3.05, 3.63) is 206 Å². The summed E-state index contributed by atoms with van der Waals surface area (Å²) in [6.45, 7) is 0. The van der Waals surface area contributed by atoms with Crippen molar-refractivity contribution in [2.45, 2.75) is 0 Å². The largest absolute Gasteiger partial charge is 0.455 e. The molecule has 0 atom stereocenters. The Morgan fingerprint density at radius 3 is 1.85 bits per heavy atom. The van der Waals surface area contributed by atoms with Gasteiger partial charge in [0, 0.05) is 43.6 Å². The second kappa shape index (κ2) is 12.6. The van der Waals surface area contributed by atoms with Crippen LogP contribution in [0.15, 0.2) is 211 Å². The highest BCUT2D eigenvalue weighted by Crippen LogP contribution is 2.49. The van der Waals surface area contributed by atoms with Crippen LogP contribution in [0.25, 0.3) is 82.5 Å². The summed E-state index contributed by atoms with van der Waals surface area (Å²) >= 11 is 0. The van der Waals surface area contributed by atoms with E-state index in [4.69, 9.17) is 4.42 Å².